The van der Waals surface area contributed by atoms with Gasteiger partial charge < -0.3 is 10.1 Å². The summed E-state index contributed by atoms with van der Waals surface area (Å²) in [6.45, 7) is 0. The highest BCUT2D eigenvalue weighted by atomic mass is 19.1. The van der Waals surface area contributed by atoms with Gasteiger partial charge in [-0.15, -0.1) is 0 Å². The predicted octanol–water partition coefficient (Wildman–Crippen LogP) is 6.82. The molecule has 1 fully saturated rings. The van der Waals surface area contributed by atoms with Gasteiger partial charge in [0.2, 0.25) is 5.91 Å². The molecule has 0 spiro atoms. The number of methoxy groups -OCH3 is 1. The zero-order valence-electron chi connectivity index (χ0n) is 20.5. The standard InChI is InChI=1S/C31H31FN2O2/c1-36-30-10-6-5-7-23(30)19-27(31(35)34-25-8-3-2-4-9-25)22-13-11-21(12-14-22)26-17-18-33-29-16-15-24(32)20-28(26)29/h5-7,10-18,20,25,27H,2-4,8-9,19H2,1H3,(H,34,35). The van der Waals surface area contributed by atoms with Gasteiger partial charge in [0, 0.05) is 17.6 Å². The summed E-state index contributed by atoms with van der Waals surface area (Å²) in [7, 11) is 1.66. The molecule has 1 aliphatic rings. The maximum atomic E-state index is 14.0. The summed E-state index contributed by atoms with van der Waals surface area (Å²) in [5.41, 5.74) is 4.57. The topological polar surface area (TPSA) is 51.2 Å². The Hall–Kier alpha value is -3.73. The van der Waals surface area contributed by atoms with E-state index in [1.165, 1.54) is 18.6 Å². The van der Waals surface area contributed by atoms with E-state index in [-0.39, 0.29) is 23.7 Å². The number of amides is 1. The van der Waals surface area contributed by atoms with Gasteiger partial charge >= 0.3 is 0 Å². The lowest BCUT2D eigenvalue weighted by Gasteiger charge is -2.26. The summed E-state index contributed by atoms with van der Waals surface area (Å²) in [4.78, 5) is 17.9. The molecule has 184 valence electrons. The molecule has 1 atom stereocenters. The number of rotatable bonds is 7. The van der Waals surface area contributed by atoms with Crippen LogP contribution in [0.15, 0.2) is 79.0 Å². The quantitative estimate of drug-likeness (QED) is 0.314. The minimum atomic E-state index is -0.344. The van der Waals surface area contributed by atoms with Gasteiger partial charge in [-0.05, 0) is 71.8 Å². The SMILES string of the molecule is COc1ccccc1CC(C(=O)NC1CCCCC1)c1ccc(-c2ccnc3ccc(F)cc23)cc1. The van der Waals surface area contributed by atoms with Crippen LogP contribution < -0.4 is 10.1 Å². The molecule has 4 aromatic rings. The van der Waals surface area contributed by atoms with Crippen LogP contribution in [0, 0.1) is 5.82 Å². The van der Waals surface area contributed by atoms with E-state index in [2.05, 4.69) is 10.3 Å². The summed E-state index contributed by atoms with van der Waals surface area (Å²) in [6.07, 6.45) is 7.94. The van der Waals surface area contributed by atoms with Gasteiger partial charge in [0.25, 0.3) is 0 Å². The smallest absolute Gasteiger partial charge is 0.228 e. The largest absolute Gasteiger partial charge is 0.496 e. The van der Waals surface area contributed by atoms with Crippen LogP contribution >= 0.6 is 0 Å². The fourth-order valence-corrected chi connectivity index (χ4v) is 5.27. The van der Waals surface area contributed by atoms with Gasteiger partial charge in [-0.3, -0.25) is 9.78 Å². The number of hydrogen-bond donors (Lipinski definition) is 1. The predicted molar refractivity (Wildman–Crippen MR) is 142 cm³/mol. The Balaban J connectivity index is 1.47. The first-order valence-electron chi connectivity index (χ1n) is 12.7. The van der Waals surface area contributed by atoms with E-state index in [1.807, 2.05) is 54.6 Å². The van der Waals surface area contributed by atoms with E-state index < -0.39 is 0 Å². The van der Waals surface area contributed by atoms with E-state index in [9.17, 15) is 9.18 Å². The highest BCUT2D eigenvalue weighted by molar-refractivity contribution is 5.94. The van der Waals surface area contributed by atoms with Crippen molar-refractivity contribution in [1.82, 2.24) is 10.3 Å². The van der Waals surface area contributed by atoms with Crippen LogP contribution in [-0.4, -0.2) is 24.0 Å². The van der Waals surface area contributed by atoms with Gasteiger partial charge in [0.15, 0.2) is 0 Å². The normalized spacial score (nSPS) is 14.9. The summed E-state index contributed by atoms with van der Waals surface area (Å²) in [6, 6.07) is 22.7. The number of ether oxygens (including phenoxy) is 1. The maximum absolute atomic E-state index is 14.0. The number of benzene rings is 3. The summed E-state index contributed by atoms with van der Waals surface area (Å²) in [5, 5.41) is 4.09. The molecule has 0 aliphatic heterocycles. The second kappa shape index (κ2) is 10.9. The molecule has 1 heterocycles. The third kappa shape index (κ3) is 5.25. The number of aromatic nitrogens is 1. The first-order chi connectivity index (χ1) is 17.6. The third-order valence-electron chi connectivity index (χ3n) is 7.21. The maximum Gasteiger partial charge on any atom is 0.228 e. The summed E-state index contributed by atoms with van der Waals surface area (Å²) < 4.78 is 19.5. The molecule has 1 N–H and O–H groups in total. The molecule has 1 unspecified atom stereocenters. The monoisotopic (exact) mass is 482 g/mol. The van der Waals surface area contributed by atoms with Crippen molar-refractivity contribution in [2.45, 2.75) is 50.5 Å². The fraction of sp³-hybridized carbons (Fsp3) is 0.290. The number of hydrogen-bond acceptors (Lipinski definition) is 3. The number of fused-ring (bicyclic) bond motifs is 1. The minimum absolute atomic E-state index is 0.0528. The number of pyridine rings is 1. The Morgan fingerprint density at radius 2 is 1.81 bits per heavy atom. The second-order valence-corrected chi connectivity index (χ2v) is 9.55. The van der Waals surface area contributed by atoms with E-state index in [4.69, 9.17) is 4.74 Å². The summed E-state index contributed by atoms with van der Waals surface area (Å²) in [5.74, 6) is 0.209. The van der Waals surface area contributed by atoms with Crippen molar-refractivity contribution in [3.63, 3.8) is 0 Å². The zero-order chi connectivity index (χ0) is 24.9. The molecule has 0 radical (unpaired) electrons. The van der Waals surface area contributed by atoms with Gasteiger partial charge in [0.05, 0.1) is 18.5 Å². The van der Waals surface area contributed by atoms with Crippen LogP contribution in [0.3, 0.4) is 0 Å². The molecule has 0 bridgehead atoms. The van der Waals surface area contributed by atoms with Crippen molar-refractivity contribution in [2.75, 3.05) is 7.11 Å². The van der Waals surface area contributed by atoms with Gasteiger partial charge in [-0.1, -0.05) is 61.7 Å². The molecule has 1 aromatic heterocycles. The zero-order valence-corrected chi connectivity index (χ0v) is 20.5. The van der Waals surface area contributed by atoms with E-state index in [1.54, 1.807) is 19.4 Å². The molecule has 5 heteroatoms. The second-order valence-electron chi connectivity index (χ2n) is 9.55. The Morgan fingerprint density at radius 3 is 2.58 bits per heavy atom. The Morgan fingerprint density at radius 1 is 1.03 bits per heavy atom. The molecule has 5 rings (SSSR count). The van der Waals surface area contributed by atoms with E-state index in [0.29, 0.717) is 6.42 Å². The van der Waals surface area contributed by atoms with E-state index in [0.717, 1.165) is 64.6 Å². The lowest BCUT2D eigenvalue weighted by Crippen LogP contribution is -2.39. The molecule has 36 heavy (non-hydrogen) atoms. The first kappa shape index (κ1) is 24.0. The molecular weight excluding hydrogens is 451 g/mol. The average Bonchev–Trinajstić information content (AvgIpc) is 2.92. The van der Waals surface area contributed by atoms with Crippen molar-refractivity contribution in [1.29, 1.82) is 0 Å². The van der Waals surface area contributed by atoms with Crippen molar-refractivity contribution >= 4 is 16.8 Å². The van der Waals surface area contributed by atoms with Crippen LogP contribution in [0.1, 0.15) is 49.1 Å². The number of para-hydroxylation sites is 1. The molecule has 1 aliphatic carbocycles. The van der Waals surface area contributed by atoms with Crippen molar-refractivity contribution in [3.8, 4) is 16.9 Å². The highest BCUT2D eigenvalue weighted by Crippen LogP contribution is 2.32. The molecule has 1 saturated carbocycles. The Labute approximate surface area is 211 Å². The molecule has 3 aromatic carbocycles. The lowest BCUT2D eigenvalue weighted by atomic mass is 9.88. The van der Waals surface area contributed by atoms with Crippen molar-refractivity contribution in [3.05, 3.63) is 95.9 Å². The number of nitrogens with one attached hydrogen (secondary N) is 1. The van der Waals surface area contributed by atoms with Crippen molar-refractivity contribution in [2.24, 2.45) is 0 Å². The molecule has 4 nitrogen and oxygen atoms in total. The first-order valence-corrected chi connectivity index (χ1v) is 12.7. The average molecular weight is 483 g/mol. The van der Waals surface area contributed by atoms with Crippen molar-refractivity contribution < 1.29 is 13.9 Å². The number of nitrogens with zero attached hydrogens (tertiary/aromatic N) is 1. The van der Waals surface area contributed by atoms with Crippen LogP contribution in [0.4, 0.5) is 4.39 Å². The number of carbonyl (C=O) groups is 1. The highest BCUT2D eigenvalue weighted by Gasteiger charge is 2.26. The van der Waals surface area contributed by atoms with E-state index >= 15 is 0 Å². The number of carbonyl (C=O) groups excluding carboxylic acids is 1. The molecule has 1 amide bonds. The Bertz CT molecular complexity index is 1350. The minimum Gasteiger partial charge on any atom is -0.496 e. The van der Waals surface area contributed by atoms with Gasteiger partial charge in [-0.25, -0.2) is 4.39 Å². The third-order valence-corrected chi connectivity index (χ3v) is 7.21. The Kier molecular flexibility index (Phi) is 7.26. The van der Waals surface area contributed by atoms with Gasteiger partial charge in [0.1, 0.15) is 11.6 Å². The molecular formula is C31H31FN2O2. The van der Waals surface area contributed by atoms with Crippen LogP contribution in [-0.2, 0) is 11.2 Å². The fourth-order valence-electron chi connectivity index (χ4n) is 5.27. The van der Waals surface area contributed by atoms with Crippen LogP contribution in [0.25, 0.3) is 22.0 Å². The van der Waals surface area contributed by atoms with Crippen LogP contribution in [0.5, 0.6) is 5.75 Å². The molecule has 0 saturated heterocycles. The summed E-state index contributed by atoms with van der Waals surface area (Å²) >= 11 is 0. The van der Waals surface area contributed by atoms with Crippen LogP contribution in [0.2, 0.25) is 0 Å². The lowest BCUT2D eigenvalue weighted by molar-refractivity contribution is -0.123. The van der Waals surface area contributed by atoms with Gasteiger partial charge in [-0.2, -0.15) is 0 Å². The number of halogens is 1.